The molecule has 1 aromatic rings. The van der Waals surface area contributed by atoms with Crippen LogP contribution in [0.2, 0.25) is 0 Å². The minimum atomic E-state index is 0.270. The zero-order valence-electron chi connectivity index (χ0n) is 16.2. The standard InChI is InChI=1S/C24H32/c1-17-8-7-9-19(15-18(2)14-17)20-10-11-21-22(16-20)24(5,6)13-12-23(21,3)4/h7,9-11,14-17H,8,12-13H2,1-6H3/b9-7+,18-14-,19-15+. The van der Waals surface area contributed by atoms with E-state index in [1.807, 2.05) is 0 Å². The monoisotopic (exact) mass is 320 g/mol. The minimum absolute atomic E-state index is 0.270. The van der Waals surface area contributed by atoms with E-state index in [-0.39, 0.29) is 5.41 Å². The molecule has 3 rings (SSSR count). The molecule has 0 fully saturated rings. The molecule has 1 aromatic carbocycles. The zero-order valence-corrected chi connectivity index (χ0v) is 16.2. The second kappa shape index (κ2) is 6.06. The number of allylic oxidation sites excluding steroid dienone is 6. The molecule has 1 unspecified atom stereocenters. The van der Waals surface area contributed by atoms with Crippen molar-refractivity contribution in [3.63, 3.8) is 0 Å². The Balaban J connectivity index is 2.10. The maximum atomic E-state index is 2.46. The molecule has 0 heterocycles. The lowest BCUT2D eigenvalue weighted by atomic mass is 9.63. The van der Waals surface area contributed by atoms with Crippen molar-refractivity contribution in [2.45, 2.75) is 71.6 Å². The van der Waals surface area contributed by atoms with Gasteiger partial charge in [-0.25, -0.2) is 0 Å². The van der Waals surface area contributed by atoms with Crippen molar-refractivity contribution < 1.29 is 0 Å². The molecule has 0 radical (unpaired) electrons. The second-order valence-corrected chi connectivity index (χ2v) is 9.15. The van der Waals surface area contributed by atoms with E-state index < -0.39 is 0 Å². The number of benzene rings is 1. The molecule has 0 spiro atoms. The fourth-order valence-electron chi connectivity index (χ4n) is 4.22. The van der Waals surface area contributed by atoms with Crippen LogP contribution in [0.3, 0.4) is 0 Å². The first-order chi connectivity index (χ1) is 11.2. The third-order valence-corrected chi connectivity index (χ3v) is 5.92. The summed E-state index contributed by atoms with van der Waals surface area (Å²) in [6, 6.07) is 7.18. The van der Waals surface area contributed by atoms with Crippen molar-refractivity contribution in [3.05, 3.63) is 64.8 Å². The average Bonchev–Trinajstić information content (AvgIpc) is 2.49. The molecular weight excluding hydrogens is 288 g/mol. The maximum absolute atomic E-state index is 2.46. The van der Waals surface area contributed by atoms with E-state index in [1.165, 1.54) is 29.6 Å². The van der Waals surface area contributed by atoms with Gasteiger partial charge in [-0.05, 0) is 65.2 Å². The first kappa shape index (κ1) is 17.3. The number of hydrogen-bond donors (Lipinski definition) is 0. The summed E-state index contributed by atoms with van der Waals surface area (Å²) in [6.07, 6.45) is 13.0. The van der Waals surface area contributed by atoms with Gasteiger partial charge < -0.3 is 0 Å². The van der Waals surface area contributed by atoms with Crippen LogP contribution in [0.15, 0.2) is 48.1 Å². The van der Waals surface area contributed by atoms with Crippen LogP contribution in [-0.4, -0.2) is 0 Å². The van der Waals surface area contributed by atoms with Crippen LogP contribution in [0.1, 0.15) is 77.5 Å². The maximum Gasteiger partial charge on any atom is -0.0100 e. The third kappa shape index (κ3) is 3.29. The van der Waals surface area contributed by atoms with E-state index in [0.29, 0.717) is 11.3 Å². The summed E-state index contributed by atoms with van der Waals surface area (Å²) < 4.78 is 0. The highest BCUT2D eigenvalue weighted by atomic mass is 14.4. The fourth-order valence-corrected chi connectivity index (χ4v) is 4.22. The Kier molecular flexibility index (Phi) is 4.36. The number of rotatable bonds is 1. The summed E-state index contributed by atoms with van der Waals surface area (Å²) in [6.45, 7) is 14.1. The van der Waals surface area contributed by atoms with E-state index in [4.69, 9.17) is 0 Å². The summed E-state index contributed by atoms with van der Waals surface area (Å²) >= 11 is 0. The van der Waals surface area contributed by atoms with Gasteiger partial charge in [0.2, 0.25) is 0 Å². The van der Waals surface area contributed by atoms with Gasteiger partial charge in [-0.2, -0.15) is 0 Å². The molecular formula is C24H32. The van der Waals surface area contributed by atoms with Gasteiger partial charge in [-0.1, -0.05) is 82.7 Å². The Morgan fingerprint density at radius 1 is 0.958 bits per heavy atom. The van der Waals surface area contributed by atoms with E-state index in [2.05, 4.69) is 84.0 Å². The number of fused-ring (bicyclic) bond motifs is 1. The first-order valence-electron chi connectivity index (χ1n) is 9.41. The van der Waals surface area contributed by atoms with Gasteiger partial charge in [0, 0.05) is 0 Å². The third-order valence-electron chi connectivity index (χ3n) is 5.92. The lowest BCUT2D eigenvalue weighted by molar-refractivity contribution is 0.332. The van der Waals surface area contributed by atoms with Gasteiger partial charge in [-0.15, -0.1) is 0 Å². The lowest BCUT2D eigenvalue weighted by Crippen LogP contribution is -2.33. The van der Waals surface area contributed by atoms with E-state index in [9.17, 15) is 0 Å². The van der Waals surface area contributed by atoms with Crippen LogP contribution >= 0.6 is 0 Å². The molecule has 0 aliphatic heterocycles. The molecule has 0 saturated carbocycles. The van der Waals surface area contributed by atoms with E-state index >= 15 is 0 Å². The zero-order chi connectivity index (χ0) is 17.5. The largest absolute Gasteiger partial charge is 0.0833 e. The predicted molar refractivity (Wildman–Crippen MR) is 106 cm³/mol. The van der Waals surface area contributed by atoms with Gasteiger partial charge in [-0.3, -0.25) is 0 Å². The second-order valence-electron chi connectivity index (χ2n) is 9.15. The average molecular weight is 321 g/mol. The molecule has 0 N–H and O–H groups in total. The Hall–Kier alpha value is -1.56. The highest BCUT2D eigenvalue weighted by Gasteiger charge is 2.36. The minimum Gasteiger partial charge on any atom is -0.0833 e. The normalized spacial score (nSPS) is 30.8. The smallest absolute Gasteiger partial charge is 0.0100 e. The molecule has 0 heteroatoms. The van der Waals surface area contributed by atoms with Crippen LogP contribution in [0.5, 0.6) is 0 Å². The Morgan fingerprint density at radius 2 is 1.62 bits per heavy atom. The van der Waals surface area contributed by atoms with Gasteiger partial charge in [0.1, 0.15) is 0 Å². The molecule has 0 saturated heterocycles. The van der Waals surface area contributed by atoms with E-state index in [0.717, 1.165) is 6.42 Å². The molecule has 128 valence electrons. The summed E-state index contributed by atoms with van der Waals surface area (Å²) in [5.74, 6) is 0.627. The first-order valence-corrected chi connectivity index (χ1v) is 9.41. The van der Waals surface area contributed by atoms with Crippen LogP contribution < -0.4 is 0 Å². The summed E-state index contributed by atoms with van der Waals surface area (Å²) in [4.78, 5) is 0. The van der Waals surface area contributed by atoms with Crippen molar-refractivity contribution in [2.75, 3.05) is 0 Å². The van der Waals surface area contributed by atoms with Crippen molar-refractivity contribution in [3.8, 4) is 0 Å². The molecule has 2 aliphatic carbocycles. The summed E-state index contributed by atoms with van der Waals surface area (Å²) in [5, 5.41) is 0. The quantitative estimate of drug-likeness (QED) is 0.524. The Morgan fingerprint density at radius 3 is 2.33 bits per heavy atom. The Labute approximate surface area is 148 Å². The van der Waals surface area contributed by atoms with Gasteiger partial charge >= 0.3 is 0 Å². The molecule has 0 nitrogen and oxygen atoms in total. The van der Waals surface area contributed by atoms with Gasteiger partial charge in [0.05, 0.1) is 0 Å². The van der Waals surface area contributed by atoms with E-state index in [1.54, 1.807) is 11.1 Å². The molecule has 0 bridgehead atoms. The van der Waals surface area contributed by atoms with Crippen molar-refractivity contribution >= 4 is 5.57 Å². The van der Waals surface area contributed by atoms with Crippen LogP contribution in [0, 0.1) is 5.92 Å². The van der Waals surface area contributed by atoms with Crippen molar-refractivity contribution in [2.24, 2.45) is 5.92 Å². The van der Waals surface area contributed by atoms with Crippen molar-refractivity contribution in [1.82, 2.24) is 0 Å². The molecule has 0 aromatic heterocycles. The fraction of sp³-hybridized carbons (Fsp3) is 0.500. The molecule has 1 atom stereocenters. The van der Waals surface area contributed by atoms with Crippen LogP contribution in [-0.2, 0) is 10.8 Å². The molecule has 0 amide bonds. The molecule has 24 heavy (non-hydrogen) atoms. The topological polar surface area (TPSA) is 0 Å². The van der Waals surface area contributed by atoms with Gasteiger partial charge in [0.25, 0.3) is 0 Å². The summed E-state index contributed by atoms with van der Waals surface area (Å²) in [5.41, 5.74) is 7.72. The summed E-state index contributed by atoms with van der Waals surface area (Å²) in [7, 11) is 0. The lowest BCUT2D eigenvalue weighted by Gasteiger charge is -2.42. The highest BCUT2D eigenvalue weighted by molar-refractivity contribution is 5.77. The number of hydrogen-bond acceptors (Lipinski definition) is 0. The van der Waals surface area contributed by atoms with Crippen LogP contribution in [0.4, 0.5) is 0 Å². The predicted octanol–water partition coefficient (Wildman–Crippen LogP) is 6.96. The van der Waals surface area contributed by atoms with Gasteiger partial charge in [0.15, 0.2) is 0 Å². The van der Waals surface area contributed by atoms with Crippen molar-refractivity contribution in [1.29, 1.82) is 0 Å². The molecule has 2 aliphatic rings. The highest BCUT2D eigenvalue weighted by Crippen LogP contribution is 2.46. The Bertz CT molecular complexity index is 722. The van der Waals surface area contributed by atoms with Crippen LogP contribution in [0.25, 0.3) is 5.57 Å². The SMILES string of the molecule is CC1=C/C(C)C/C=C/C(c2ccc3c(c2)C(C)(C)CCC3(C)C)=C\1.